The summed E-state index contributed by atoms with van der Waals surface area (Å²) in [5.74, 6) is 0.432. The minimum absolute atomic E-state index is 0.196. The molecule has 0 aromatic heterocycles. The highest BCUT2D eigenvalue weighted by Gasteiger charge is 2.73. The lowest BCUT2D eigenvalue weighted by molar-refractivity contribution is -0.541. The number of hydrogen-bond acceptors (Lipinski definition) is 5. The molecular weight excluding hydrogens is 368 g/mol. The molecule has 5 heteroatoms. The number of fused-ring (bicyclic) bond motifs is 2. The van der Waals surface area contributed by atoms with Crippen molar-refractivity contribution in [3.8, 4) is 0 Å². The van der Waals surface area contributed by atoms with Crippen LogP contribution in [0.4, 0.5) is 0 Å². The predicted octanol–water partition coefficient (Wildman–Crippen LogP) is 4.72. The Hall–Kier alpha value is -1.24. The van der Waals surface area contributed by atoms with Crippen molar-refractivity contribution < 1.29 is 24.0 Å². The molecule has 1 aliphatic carbocycles. The molecule has 4 aliphatic heterocycles. The maximum Gasteiger partial charge on any atom is 0.201 e. The number of benzene rings is 1. The summed E-state index contributed by atoms with van der Waals surface area (Å²) >= 11 is 0. The van der Waals surface area contributed by atoms with Crippen LogP contribution in [-0.2, 0) is 24.0 Å². The van der Waals surface area contributed by atoms with Crippen molar-refractivity contribution in [2.24, 2.45) is 17.8 Å². The van der Waals surface area contributed by atoms with Gasteiger partial charge in [-0.2, -0.15) is 0 Å². The molecule has 0 radical (unpaired) electrons. The normalized spacial score (nSPS) is 46.0. The molecule has 4 heterocycles. The Kier molecular flexibility index (Phi) is 4.87. The second-order valence-electron chi connectivity index (χ2n) is 9.61. The average molecular weight is 401 g/mol. The fraction of sp³-hybridized carbons (Fsp3) is 0.667. The van der Waals surface area contributed by atoms with Crippen molar-refractivity contribution in [1.82, 2.24) is 0 Å². The Morgan fingerprint density at radius 2 is 1.90 bits per heavy atom. The largest absolute Gasteiger partial charge is 0.374 e. The van der Waals surface area contributed by atoms with E-state index in [1.54, 1.807) is 0 Å². The van der Waals surface area contributed by atoms with Gasteiger partial charge in [0, 0.05) is 12.3 Å². The van der Waals surface area contributed by atoms with E-state index < -0.39 is 23.3 Å². The topological polar surface area (TPSA) is 46.2 Å². The van der Waals surface area contributed by atoms with Crippen LogP contribution in [0.1, 0.15) is 52.0 Å². The van der Waals surface area contributed by atoms with E-state index in [4.69, 9.17) is 24.0 Å². The van der Waals surface area contributed by atoms with Crippen molar-refractivity contribution in [2.45, 2.75) is 69.7 Å². The smallest absolute Gasteiger partial charge is 0.201 e. The maximum atomic E-state index is 6.57. The second-order valence-corrected chi connectivity index (χ2v) is 9.61. The van der Waals surface area contributed by atoms with E-state index in [1.807, 2.05) is 25.1 Å². The van der Waals surface area contributed by atoms with Crippen molar-refractivity contribution in [2.75, 3.05) is 13.2 Å². The summed E-state index contributed by atoms with van der Waals surface area (Å²) in [7, 11) is 0. The molecule has 1 aromatic carbocycles. The summed E-state index contributed by atoms with van der Waals surface area (Å²) < 4.78 is 19.0. The van der Waals surface area contributed by atoms with Crippen molar-refractivity contribution in [3.63, 3.8) is 0 Å². The predicted molar refractivity (Wildman–Crippen MR) is 109 cm³/mol. The molecule has 7 atom stereocenters. The Bertz CT molecular complexity index is 766. The second kappa shape index (κ2) is 7.17. The number of ether oxygens (including phenoxy) is 3. The van der Waals surface area contributed by atoms with Gasteiger partial charge in [0.05, 0.1) is 18.8 Å². The van der Waals surface area contributed by atoms with Crippen LogP contribution in [0.25, 0.3) is 6.08 Å². The SMILES string of the molecule is C[C@@H]1CCC2[C@]34OO[C@](C)(CC[C@@H]13)O[C@H]4O[C@]2(C)COC/C=C/c1ccccc1. The molecule has 1 aromatic rings. The molecule has 2 bridgehead atoms. The molecule has 5 aliphatic rings. The molecule has 0 N–H and O–H groups in total. The summed E-state index contributed by atoms with van der Waals surface area (Å²) in [5, 5.41) is 0. The van der Waals surface area contributed by atoms with Crippen LogP contribution in [0, 0.1) is 17.8 Å². The van der Waals surface area contributed by atoms with E-state index in [0.717, 1.165) is 19.3 Å². The van der Waals surface area contributed by atoms with Crippen molar-refractivity contribution >= 4 is 6.08 Å². The van der Waals surface area contributed by atoms with E-state index in [-0.39, 0.29) is 5.92 Å². The highest BCUT2D eigenvalue weighted by molar-refractivity contribution is 5.48. The molecule has 6 rings (SSSR count). The minimum atomic E-state index is -0.720. The monoisotopic (exact) mass is 400 g/mol. The van der Waals surface area contributed by atoms with Gasteiger partial charge in [-0.15, -0.1) is 0 Å². The zero-order valence-electron chi connectivity index (χ0n) is 17.6. The van der Waals surface area contributed by atoms with Crippen LogP contribution >= 0.6 is 0 Å². The van der Waals surface area contributed by atoms with Gasteiger partial charge >= 0.3 is 0 Å². The molecule has 4 saturated heterocycles. The van der Waals surface area contributed by atoms with Gasteiger partial charge in [0.2, 0.25) is 5.79 Å². The van der Waals surface area contributed by atoms with Gasteiger partial charge in [-0.05, 0) is 50.5 Å². The summed E-state index contributed by atoms with van der Waals surface area (Å²) in [6, 6.07) is 10.3. The van der Waals surface area contributed by atoms with E-state index in [2.05, 4.69) is 38.1 Å². The third-order valence-corrected chi connectivity index (χ3v) is 7.54. The van der Waals surface area contributed by atoms with Gasteiger partial charge in [-0.1, -0.05) is 49.4 Å². The molecule has 5 fully saturated rings. The van der Waals surface area contributed by atoms with Gasteiger partial charge in [-0.25, -0.2) is 9.78 Å². The Morgan fingerprint density at radius 3 is 2.72 bits per heavy atom. The first-order valence-electron chi connectivity index (χ1n) is 11.0. The van der Waals surface area contributed by atoms with Gasteiger partial charge < -0.3 is 14.2 Å². The summed E-state index contributed by atoms with van der Waals surface area (Å²) in [6.45, 7) is 7.50. The minimum Gasteiger partial charge on any atom is -0.374 e. The highest BCUT2D eigenvalue weighted by Crippen LogP contribution is 2.63. The molecule has 1 spiro atoms. The lowest BCUT2D eigenvalue weighted by atomic mass is 9.60. The lowest BCUT2D eigenvalue weighted by Crippen LogP contribution is -2.62. The summed E-state index contributed by atoms with van der Waals surface area (Å²) in [5.41, 5.74) is 0.204. The van der Waals surface area contributed by atoms with Crippen molar-refractivity contribution in [1.29, 1.82) is 0 Å². The fourth-order valence-electron chi connectivity index (χ4n) is 6.02. The molecule has 1 saturated carbocycles. The summed E-state index contributed by atoms with van der Waals surface area (Å²) in [4.78, 5) is 12.0. The van der Waals surface area contributed by atoms with E-state index >= 15 is 0 Å². The third-order valence-electron chi connectivity index (χ3n) is 7.54. The highest BCUT2D eigenvalue weighted by atomic mass is 17.3. The van der Waals surface area contributed by atoms with Crippen molar-refractivity contribution in [3.05, 3.63) is 42.0 Å². The van der Waals surface area contributed by atoms with Crippen LogP contribution in [0.5, 0.6) is 0 Å². The Balaban J connectivity index is 1.31. The zero-order chi connectivity index (χ0) is 20.1. The molecule has 5 nitrogen and oxygen atoms in total. The quantitative estimate of drug-likeness (QED) is 0.529. The van der Waals surface area contributed by atoms with Gasteiger partial charge in [0.15, 0.2) is 11.9 Å². The van der Waals surface area contributed by atoms with E-state index in [1.165, 1.54) is 12.0 Å². The van der Waals surface area contributed by atoms with Crippen LogP contribution in [0.2, 0.25) is 0 Å². The fourth-order valence-corrected chi connectivity index (χ4v) is 6.02. The van der Waals surface area contributed by atoms with Gasteiger partial charge in [0.25, 0.3) is 0 Å². The average Bonchev–Trinajstić information content (AvgIpc) is 2.80. The third kappa shape index (κ3) is 3.19. The summed E-state index contributed by atoms with van der Waals surface area (Å²) in [6.07, 6.45) is 7.85. The molecule has 1 unspecified atom stereocenters. The molecule has 158 valence electrons. The number of rotatable bonds is 5. The van der Waals surface area contributed by atoms with Crippen LogP contribution in [0.3, 0.4) is 0 Å². The molecular formula is C24H32O5. The lowest BCUT2D eigenvalue weighted by Gasteiger charge is -2.50. The zero-order valence-corrected chi connectivity index (χ0v) is 17.6. The van der Waals surface area contributed by atoms with Crippen LogP contribution in [-0.4, -0.2) is 36.5 Å². The Morgan fingerprint density at radius 1 is 1.07 bits per heavy atom. The Labute approximate surface area is 173 Å². The van der Waals surface area contributed by atoms with Crippen LogP contribution in [0.15, 0.2) is 36.4 Å². The first kappa shape index (κ1) is 19.7. The van der Waals surface area contributed by atoms with Gasteiger partial charge in [0.1, 0.15) is 0 Å². The molecule has 0 amide bonds. The number of hydrogen-bond donors (Lipinski definition) is 0. The standard InChI is InChI=1S/C24H32O5/c1-17-11-12-20-22(2,16-25-15-7-10-18-8-5-4-6-9-18)26-21-24(20)19(17)13-14-23(3,27-21)28-29-24/h4-10,17,19-21H,11-16H2,1-3H3/b10-7+/t17-,19+,20?,21-,22-,23-,24-/m1/s1. The van der Waals surface area contributed by atoms with Gasteiger partial charge in [-0.3, -0.25) is 0 Å². The first-order valence-corrected chi connectivity index (χ1v) is 11.0. The van der Waals surface area contributed by atoms with E-state index in [9.17, 15) is 0 Å². The van der Waals surface area contributed by atoms with Crippen LogP contribution < -0.4 is 0 Å². The molecule has 29 heavy (non-hydrogen) atoms. The van der Waals surface area contributed by atoms with E-state index in [0.29, 0.717) is 25.0 Å². The first-order chi connectivity index (χ1) is 14.0. The maximum absolute atomic E-state index is 6.57.